The third-order valence-electron chi connectivity index (χ3n) is 4.57. The SMILES string of the molecule is COC(=O)c1c2ccccc2nc2cc(OCc3cccc([N+](=O)[O-])c3)ccc12. The minimum Gasteiger partial charge on any atom is -0.489 e. The first-order valence-electron chi connectivity index (χ1n) is 8.84. The quantitative estimate of drug-likeness (QED) is 0.214. The summed E-state index contributed by atoms with van der Waals surface area (Å²) in [7, 11) is 1.35. The van der Waals surface area contributed by atoms with E-state index >= 15 is 0 Å². The minimum atomic E-state index is -0.442. The number of nitro groups is 1. The van der Waals surface area contributed by atoms with Gasteiger partial charge in [-0.25, -0.2) is 9.78 Å². The van der Waals surface area contributed by atoms with Crippen molar-refractivity contribution < 1.29 is 19.2 Å². The Balaban J connectivity index is 1.71. The van der Waals surface area contributed by atoms with Crippen molar-refractivity contribution in [3.63, 3.8) is 0 Å². The number of para-hydroxylation sites is 1. The van der Waals surface area contributed by atoms with Gasteiger partial charge in [-0.05, 0) is 23.8 Å². The van der Waals surface area contributed by atoms with Crippen LogP contribution in [0.4, 0.5) is 5.69 Å². The maximum Gasteiger partial charge on any atom is 0.339 e. The molecule has 0 saturated carbocycles. The number of non-ortho nitro benzene ring substituents is 1. The van der Waals surface area contributed by atoms with Gasteiger partial charge in [0.15, 0.2) is 0 Å². The van der Waals surface area contributed by atoms with Crippen molar-refractivity contribution in [3.8, 4) is 5.75 Å². The summed E-state index contributed by atoms with van der Waals surface area (Å²) in [6.45, 7) is 0.171. The molecule has 0 unspecified atom stereocenters. The van der Waals surface area contributed by atoms with E-state index in [0.717, 1.165) is 5.39 Å². The third kappa shape index (κ3) is 3.58. The lowest BCUT2D eigenvalue weighted by atomic mass is 10.0. The number of carbonyl (C=O) groups is 1. The lowest BCUT2D eigenvalue weighted by Crippen LogP contribution is -2.04. The molecule has 144 valence electrons. The van der Waals surface area contributed by atoms with Crippen LogP contribution < -0.4 is 4.74 Å². The highest BCUT2D eigenvalue weighted by Crippen LogP contribution is 2.29. The van der Waals surface area contributed by atoms with E-state index in [-0.39, 0.29) is 12.3 Å². The van der Waals surface area contributed by atoms with Crippen LogP contribution in [0.5, 0.6) is 5.75 Å². The van der Waals surface area contributed by atoms with Crippen molar-refractivity contribution in [3.05, 3.63) is 88.0 Å². The van der Waals surface area contributed by atoms with E-state index in [1.807, 2.05) is 24.3 Å². The smallest absolute Gasteiger partial charge is 0.339 e. The first-order chi connectivity index (χ1) is 14.1. The summed E-state index contributed by atoms with van der Waals surface area (Å²) >= 11 is 0. The van der Waals surface area contributed by atoms with Gasteiger partial charge in [0.1, 0.15) is 12.4 Å². The average molecular weight is 388 g/mol. The van der Waals surface area contributed by atoms with Gasteiger partial charge in [-0.3, -0.25) is 10.1 Å². The van der Waals surface area contributed by atoms with E-state index in [1.54, 1.807) is 30.3 Å². The van der Waals surface area contributed by atoms with Gasteiger partial charge in [0.2, 0.25) is 0 Å². The standard InChI is InChI=1S/C22H16N2O5/c1-28-22(25)21-17-7-2-3-8-19(17)23-20-12-16(9-10-18(20)21)29-13-14-5-4-6-15(11-14)24(26)27/h2-12H,13H2,1H3. The van der Waals surface area contributed by atoms with Crippen molar-refractivity contribution in [1.29, 1.82) is 0 Å². The summed E-state index contributed by atoms with van der Waals surface area (Å²) in [5, 5.41) is 12.3. The number of benzene rings is 3. The Labute approximate surface area is 165 Å². The van der Waals surface area contributed by atoms with Crippen LogP contribution in [0.3, 0.4) is 0 Å². The highest BCUT2D eigenvalue weighted by atomic mass is 16.6. The zero-order chi connectivity index (χ0) is 20.4. The molecule has 7 nitrogen and oxygen atoms in total. The molecule has 0 aliphatic rings. The number of pyridine rings is 1. The molecular weight excluding hydrogens is 372 g/mol. The van der Waals surface area contributed by atoms with Crippen molar-refractivity contribution in [2.24, 2.45) is 0 Å². The number of hydrogen-bond donors (Lipinski definition) is 0. The third-order valence-corrected chi connectivity index (χ3v) is 4.57. The summed E-state index contributed by atoms with van der Waals surface area (Å²) in [6.07, 6.45) is 0. The van der Waals surface area contributed by atoms with Gasteiger partial charge in [-0.2, -0.15) is 0 Å². The van der Waals surface area contributed by atoms with Crippen molar-refractivity contribution in [1.82, 2.24) is 4.98 Å². The van der Waals surface area contributed by atoms with Gasteiger partial charge in [0, 0.05) is 29.0 Å². The van der Waals surface area contributed by atoms with Gasteiger partial charge in [-0.15, -0.1) is 0 Å². The maximum absolute atomic E-state index is 12.4. The summed E-state index contributed by atoms with van der Waals surface area (Å²) in [5.41, 5.74) is 2.43. The molecule has 0 N–H and O–H groups in total. The highest BCUT2D eigenvalue weighted by Gasteiger charge is 2.17. The Hall–Kier alpha value is -4.00. The minimum absolute atomic E-state index is 0.0143. The summed E-state index contributed by atoms with van der Waals surface area (Å²) in [5.74, 6) is 0.112. The monoisotopic (exact) mass is 388 g/mol. The second kappa shape index (κ2) is 7.55. The Bertz CT molecular complexity index is 1250. The van der Waals surface area contributed by atoms with Gasteiger partial charge < -0.3 is 9.47 Å². The molecular formula is C22H16N2O5. The molecule has 0 amide bonds. The molecule has 7 heteroatoms. The number of methoxy groups -OCH3 is 1. The fraction of sp³-hybridized carbons (Fsp3) is 0.0909. The predicted octanol–water partition coefficient (Wildman–Crippen LogP) is 4.66. The molecule has 0 radical (unpaired) electrons. The van der Waals surface area contributed by atoms with Crippen molar-refractivity contribution >= 4 is 33.5 Å². The normalized spacial score (nSPS) is 10.8. The van der Waals surface area contributed by atoms with Crippen LogP contribution in [0.15, 0.2) is 66.7 Å². The van der Waals surface area contributed by atoms with Crippen molar-refractivity contribution in [2.75, 3.05) is 7.11 Å². The average Bonchev–Trinajstić information content (AvgIpc) is 2.75. The molecule has 0 aliphatic carbocycles. The molecule has 29 heavy (non-hydrogen) atoms. The molecule has 4 aromatic rings. The van der Waals surface area contributed by atoms with Crippen LogP contribution in [0.2, 0.25) is 0 Å². The number of aromatic nitrogens is 1. The van der Waals surface area contributed by atoms with Gasteiger partial charge in [-0.1, -0.05) is 30.3 Å². The highest BCUT2D eigenvalue weighted by molar-refractivity contribution is 6.14. The van der Waals surface area contributed by atoms with Crippen LogP contribution in [-0.4, -0.2) is 23.0 Å². The molecule has 1 aromatic heterocycles. The lowest BCUT2D eigenvalue weighted by Gasteiger charge is -2.11. The number of ether oxygens (including phenoxy) is 2. The van der Waals surface area contributed by atoms with Crippen LogP contribution >= 0.6 is 0 Å². The first kappa shape index (κ1) is 18.4. The zero-order valence-electron chi connectivity index (χ0n) is 15.5. The Morgan fingerprint density at radius 3 is 2.59 bits per heavy atom. The summed E-state index contributed by atoms with van der Waals surface area (Å²) in [4.78, 5) is 27.5. The maximum atomic E-state index is 12.4. The Morgan fingerprint density at radius 1 is 1.00 bits per heavy atom. The van der Waals surface area contributed by atoms with Crippen LogP contribution in [0, 0.1) is 10.1 Å². The summed E-state index contributed by atoms with van der Waals surface area (Å²) < 4.78 is 10.8. The van der Waals surface area contributed by atoms with Gasteiger partial charge in [0.05, 0.1) is 28.6 Å². The number of nitro benzene ring substituents is 1. The van der Waals surface area contributed by atoms with E-state index in [0.29, 0.717) is 33.3 Å². The molecule has 1 heterocycles. The molecule has 4 rings (SSSR count). The largest absolute Gasteiger partial charge is 0.489 e. The zero-order valence-corrected chi connectivity index (χ0v) is 15.5. The van der Waals surface area contributed by atoms with Gasteiger partial charge >= 0.3 is 5.97 Å². The molecule has 0 bridgehead atoms. The van der Waals surface area contributed by atoms with Gasteiger partial charge in [0.25, 0.3) is 5.69 Å². The fourth-order valence-corrected chi connectivity index (χ4v) is 3.21. The van der Waals surface area contributed by atoms with Crippen molar-refractivity contribution in [2.45, 2.75) is 6.61 Å². The molecule has 0 spiro atoms. The molecule has 0 aliphatic heterocycles. The number of rotatable bonds is 5. The number of nitrogens with zero attached hydrogens (tertiary/aromatic N) is 2. The lowest BCUT2D eigenvalue weighted by molar-refractivity contribution is -0.384. The van der Waals surface area contributed by atoms with E-state index in [9.17, 15) is 14.9 Å². The van der Waals surface area contributed by atoms with E-state index in [4.69, 9.17) is 9.47 Å². The second-order valence-electron chi connectivity index (χ2n) is 6.39. The second-order valence-corrected chi connectivity index (χ2v) is 6.39. The Kier molecular flexibility index (Phi) is 4.78. The summed E-state index contributed by atoms with van der Waals surface area (Å²) in [6, 6.07) is 18.9. The number of carbonyl (C=O) groups excluding carboxylic acids is 1. The molecule has 0 fully saturated rings. The fourth-order valence-electron chi connectivity index (χ4n) is 3.21. The molecule has 0 saturated heterocycles. The van der Waals surface area contributed by atoms with Crippen LogP contribution in [0.1, 0.15) is 15.9 Å². The number of hydrogen-bond acceptors (Lipinski definition) is 6. The Morgan fingerprint density at radius 2 is 1.79 bits per heavy atom. The van der Waals surface area contributed by atoms with E-state index in [2.05, 4.69) is 4.98 Å². The predicted molar refractivity (Wildman–Crippen MR) is 108 cm³/mol. The molecule has 0 atom stereocenters. The molecule has 3 aromatic carbocycles. The number of esters is 1. The van der Waals surface area contributed by atoms with E-state index in [1.165, 1.54) is 19.2 Å². The van der Waals surface area contributed by atoms with Crippen LogP contribution in [0.25, 0.3) is 21.8 Å². The topological polar surface area (TPSA) is 91.6 Å². The van der Waals surface area contributed by atoms with E-state index < -0.39 is 10.9 Å². The number of fused-ring (bicyclic) bond motifs is 2. The first-order valence-corrected chi connectivity index (χ1v) is 8.84. The van der Waals surface area contributed by atoms with Crippen LogP contribution in [-0.2, 0) is 11.3 Å².